The highest BCUT2D eigenvalue weighted by Gasteiger charge is 2.47. The van der Waals surface area contributed by atoms with Gasteiger partial charge in [0, 0.05) is 65.9 Å². The summed E-state index contributed by atoms with van der Waals surface area (Å²) < 4.78 is 34.1. The Hall–Kier alpha value is -12.4. The van der Waals surface area contributed by atoms with Gasteiger partial charge < -0.3 is 37.0 Å². The van der Waals surface area contributed by atoms with Crippen LogP contribution < -0.4 is 21.9 Å². The molecule has 0 amide bonds. The lowest BCUT2D eigenvalue weighted by Gasteiger charge is -2.34. The lowest BCUT2D eigenvalue weighted by atomic mass is 9.45. The Balaban J connectivity index is 0.810. The van der Waals surface area contributed by atoms with Gasteiger partial charge in [-0.15, -0.1) is 0 Å². The Morgan fingerprint density at radius 3 is 1.02 bits per heavy atom. The summed E-state index contributed by atoms with van der Waals surface area (Å²) in [6.45, 7) is -0.511. The molecule has 4 aliphatic rings. The third kappa shape index (κ3) is 7.63. The van der Waals surface area contributed by atoms with Crippen molar-refractivity contribution in [1.29, 1.82) is 0 Å². The molecule has 0 N–H and O–H groups in total. The highest BCUT2D eigenvalue weighted by atomic mass is 16.5. The van der Waals surface area contributed by atoms with Crippen LogP contribution in [0.3, 0.4) is 0 Å². The van der Waals surface area contributed by atoms with E-state index in [0.717, 1.165) is 132 Å². The summed E-state index contributed by atoms with van der Waals surface area (Å²) in [5.74, 6) is -2.22. The van der Waals surface area contributed by atoms with Crippen LogP contribution in [-0.2, 0) is 45.4 Å². The maximum absolute atomic E-state index is 14.9. The van der Waals surface area contributed by atoms with Gasteiger partial charge in [-0.3, -0.25) is 0 Å². The van der Waals surface area contributed by atoms with E-state index in [0.29, 0.717) is 21.8 Å². The minimum atomic E-state index is -0.557. The van der Waals surface area contributed by atoms with Gasteiger partial charge in [0.25, 0.3) is 0 Å². The van der Waals surface area contributed by atoms with Crippen molar-refractivity contribution in [2.45, 2.75) is 26.4 Å². The van der Waals surface area contributed by atoms with Crippen LogP contribution in [0.25, 0.3) is 110 Å². The molecule has 0 radical (unpaired) electrons. The molecule has 14 heteroatoms. The fraction of sp³-hybridized carbons (Fsp3) is 0.0488. The normalized spacial score (nSPS) is 12.7. The van der Waals surface area contributed by atoms with Gasteiger partial charge >= 0.3 is 37.6 Å². The van der Waals surface area contributed by atoms with Crippen LogP contribution >= 0.6 is 0 Å². The summed E-state index contributed by atoms with van der Waals surface area (Å²) >= 11 is 0. The van der Waals surface area contributed by atoms with Gasteiger partial charge in [-0.05, 0) is 91.6 Å². The third-order valence-electron chi connectivity index (χ3n) is 20.3. The number of nitrogens with zero attached hydrogens (tertiary/aromatic N) is 4. The van der Waals surface area contributed by atoms with E-state index in [1.807, 2.05) is 133 Å². The van der Waals surface area contributed by atoms with Gasteiger partial charge in [0.15, 0.2) is 0 Å². The zero-order chi connectivity index (χ0) is 63.6. The second kappa shape index (κ2) is 20.5. The van der Waals surface area contributed by atoms with Crippen molar-refractivity contribution in [3.05, 3.63) is 299 Å². The fourth-order valence-electron chi connectivity index (χ4n) is 16.4. The first kappa shape index (κ1) is 54.2. The highest BCUT2D eigenvalue weighted by Crippen LogP contribution is 2.50. The minimum absolute atomic E-state index is 0.0445. The van der Waals surface area contributed by atoms with Crippen LogP contribution in [0.5, 0.6) is 0 Å². The first-order valence-electron chi connectivity index (χ1n) is 32.3. The standard InChI is InChI=1S/C82H50B2N4O8/c89-79(93-43-47-19-5-1-6-20-47)51-39-61(81(91)95-45-49-23-9-3-10-24-49)69-57-31-15-35-63-75(57)85(67(69)41-51)65-37-17-27-53-55-29-13-33-59-73(55)87(83(63)71(53)65)77-60-34-14-30-56-54-28-18-38-66-72(54)84(88(74(56)60)78(59)77)64-36-16-32-58-70-62(82(92)96-46-50-25-11-4-12-26-50)40-52(42-68(70)86(66)76(58)64)80(90)94-44-48-21-7-2-8-22-48/h1-42H,43-46H2. The van der Waals surface area contributed by atoms with Crippen LogP contribution in [0.2, 0.25) is 0 Å². The van der Waals surface area contributed by atoms with E-state index in [-0.39, 0.29) is 62.4 Å². The summed E-state index contributed by atoms with van der Waals surface area (Å²) in [7, 11) is 0. The predicted molar refractivity (Wildman–Crippen MR) is 378 cm³/mol. The molecule has 12 nitrogen and oxygen atoms in total. The van der Waals surface area contributed by atoms with E-state index in [1.54, 1.807) is 12.1 Å². The molecule has 20 rings (SSSR count). The number of para-hydroxylation sites is 4. The van der Waals surface area contributed by atoms with Gasteiger partial charge in [0.1, 0.15) is 26.4 Å². The van der Waals surface area contributed by atoms with Crippen molar-refractivity contribution in [3.8, 4) is 33.6 Å². The zero-order valence-electron chi connectivity index (χ0n) is 51.3. The Bertz CT molecular complexity index is 5760. The van der Waals surface area contributed by atoms with Crippen LogP contribution in [0.15, 0.2) is 255 Å². The molecular weight excluding hydrogens is 1190 g/mol. The molecular formula is C82H50B2N4O8. The van der Waals surface area contributed by atoms with Crippen molar-refractivity contribution in [3.63, 3.8) is 0 Å². The maximum atomic E-state index is 14.9. The quantitative estimate of drug-likeness (QED) is 0.0673. The Labute approximate surface area is 548 Å². The number of carbonyl (C=O) groups excluding carboxylic acids is 4. The molecule has 0 bridgehead atoms. The van der Waals surface area contributed by atoms with Gasteiger partial charge in [-0.1, -0.05) is 218 Å². The second-order valence-corrected chi connectivity index (χ2v) is 25.4. The Morgan fingerprint density at radius 2 is 0.635 bits per heavy atom. The molecule has 0 fully saturated rings. The number of hydrogen-bond donors (Lipinski definition) is 0. The number of fused-ring (bicyclic) bond motifs is 19. The van der Waals surface area contributed by atoms with Crippen LogP contribution in [0.1, 0.15) is 63.7 Å². The van der Waals surface area contributed by atoms with E-state index in [2.05, 4.69) is 127 Å². The lowest BCUT2D eigenvalue weighted by Crippen LogP contribution is -2.55. The first-order chi connectivity index (χ1) is 47.3. The van der Waals surface area contributed by atoms with Crippen molar-refractivity contribution < 1.29 is 38.1 Å². The average Bonchev–Trinajstić information content (AvgIpc) is 1.47. The van der Waals surface area contributed by atoms with E-state index in [1.165, 1.54) is 0 Å². The first-order valence-corrected chi connectivity index (χ1v) is 32.3. The number of hydrogen-bond acceptors (Lipinski definition) is 8. The van der Waals surface area contributed by atoms with Gasteiger partial charge in [-0.2, -0.15) is 0 Å². The van der Waals surface area contributed by atoms with E-state index < -0.39 is 23.9 Å². The molecule has 0 saturated carbocycles. The number of carbonyl (C=O) groups is 4. The van der Waals surface area contributed by atoms with Crippen LogP contribution in [-0.4, -0.2) is 55.7 Å². The van der Waals surface area contributed by atoms with E-state index in [9.17, 15) is 19.2 Å². The largest absolute Gasteiger partial charge is 0.457 e. The fourth-order valence-corrected chi connectivity index (χ4v) is 16.4. The van der Waals surface area contributed by atoms with Crippen molar-refractivity contribution in [1.82, 2.24) is 18.1 Å². The number of ether oxygens (including phenoxy) is 4. The topological polar surface area (TPSA) is 125 Å². The van der Waals surface area contributed by atoms with Gasteiger partial charge in [0.05, 0.1) is 55.4 Å². The Morgan fingerprint density at radius 1 is 0.302 bits per heavy atom. The van der Waals surface area contributed by atoms with Gasteiger partial charge in [0.2, 0.25) is 0 Å². The number of esters is 4. The van der Waals surface area contributed by atoms with Crippen LogP contribution in [0.4, 0.5) is 0 Å². The molecule has 0 unspecified atom stereocenters. The summed E-state index contributed by atoms with van der Waals surface area (Å²) in [6.07, 6.45) is 0. The monoisotopic (exact) mass is 1240 g/mol. The Kier molecular flexibility index (Phi) is 11.6. The smallest absolute Gasteiger partial charge is 0.339 e. The van der Waals surface area contributed by atoms with E-state index >= 15 is 0 Å². The molecule has 4 aromatic heterocycles. The third-order valence-corrected chi connectivity index (χ3v) is 20.3. The number of rotatable bonds is 12. The van der Waals surface area contributed by atoms with Gasteiger partial charge in [-0.25, -0.2) is 19.2 Å². The zero-order valence-corrected chi connectivity index (χ0v) is 51.3. The van der Waals surface area contributed by atoms with Crippen LogP contribution in [0, 0.1) is 0 Å². The number of benzene rings is 12. The molecule has 0 aliphatic carbocycles. The molecule has 4 aliphatic heterocycles. The number of aromatic nitrogens is 4. The molecule has 8 heterocycles. The molecule has 0 saturated heterocycles. The molecule has 452 valence electrons. The SMILES string of the molecule is O=C(OCc1ccccc1)c1cc(C(=O)OCc2ccccc2)c2c3cccc4c3n(c2c1)-c1cccc2c1B4n1c3c-2cccc3c2c1c1cccc3c1n2B1c2c-3cccc2-n2c3cc(C(=O)OCc4ccccc4)cc(C(=O)OCc4ccccc4)c3c3cccc1c32. The maximum Gasteiger partial charge on any atom is 0.339 e. The molecule has 0 spiro atoms. The average molecular weight is 1240 g/mol. The summed E-state index contributed by atoms with van der Waals surface area (Å²) in [5, 5.41) is 5.27. The van der Waals surface area contributed by atoms with Crippen molar-refractivity contribution in [2.75, 3.05) is 0 Å². The second-order valence-electron chi connectivity index (χ2n) is 25.4. The van der Waals surface area contributed by atoms with Crippen molar-refractivity contribution >= 4 is 136 Å². The minimum Gasteiger partial charge on any atom is -0.457 e. The summed E-state index contributed by atoms with van der Waals surface area (Å²) in [6, 6.07) is 84.6. The van der Waals surface area contributed by atoms with Crippen molar-refractivity contribution in [2.24, 2.45) is 0 Å². The summed E-state index contributed by atoms with van der Waals surface area (Å²) in [4.78, 5) is 58.9. The predicted octanol–water partition coefficient (Wildman–Crippen LogP) is 14.3. The lowest BCUT2D eigenvalue weighted by molar-refractivity contribution is 0.0455. The highest BCUT2D eigenvalue weighted by molar-refractivity contribution is 6.92. The molecule has 12 aromatic carbocycles. The molecule has 0 atom stereocenters. The molecule has 16 aromatic rings. The van der Waals surface area contributed by atoms with E-state index in [4.69, 9.17) is 18.9 Å². The summed E-state index contributed by atoms with van der Waals surface area (Å²) in [5.41, 5.74) is 22.5. The molecule has 96 heavy (non-hydrogen) atoms.